The highest BCUT2D eigenvalue weighted by Crippen LogP contribution is 2.38. The third kappa shape index (κ3) is 9.82. The summed E-state index contributed by atoms with van der Waals surface area (Å²) in [5.41, 5.74) is 17.8. The third-order valence-electron chi connectivity index (χ3n) is 12.8. The number of anilines is 2. The highest BCUT2D eigenvalue weighted by atomic mass is 16.5. The SMILES string of the molecule is C=C(CC)N1CC(n2nc(-c3ccc(Oc4ccccc4)cc3)c3c(N)ncnc32)CCC1O.CCC(O)C(=O)N1CC(n2nc(-c3ccc(Oc4ccccc4)cc3)c3c(N)ncnc32)CCC1O. The van der Waals surface area contributed by atoms with E-state index in [1.165, 1.54) is 17.6 Å². The van der Waals surface area contributed by atoms with Gasteiger partial charge < -0.3 is 46.1 Å². The minimum absolute atomic E-state index is 0.0259. The number of nitrogen functional groups attached to an aromatic ring is 2. The minimum Gasteiger partial charge on any atom is -0.457 e. The van der Waals surface area contributed by atoms with E-state index in [4.69, 9.17) is 31.1 Å². The summed E-state index contributed by atoms with van der Waals surface area (Å²) in [6.07, 6.45) is 3.62. The van der Waals surface area contributed by atoms with Crippen molar-refractivity contribution in [2.75, 3.05) is 24.6 Å². The number of rotatable bonds is 12. The van der Waals surface area contributed by atoms with Crippen molar-refractivity contribution in [1.82, 2.24) is 49.3 Å². The van der Waals surface area contributed by atoms with Gasteiger partial charge in [0.15, 0.2) is 11.3 Å². The standard InChI is InChI=1S/C26H28N6O4.C26H28N6O2/c1-2-20(33)26(35)31-14-17(10-13-21(31)34)32-25-22(24(27)28-15-29-25)23(30-32)16-8-11-19(12-9-16)36-18-6-4-3-5-7-18;1-3-17(2)31-15-19(11-14-22(31)33)32-26-23(25(27)28-16-29-26)24(30-32)18-9-12-21(13-10-18)34-20-7-5-4-6-8-20/h3-9,11-12,15,17,20-21,33-34H,2,10,13-14H2,1H3,(H2,27,28,29);4-10,12-13,16,19,22,33H,2-3,11,14-15H2,1H3,(H2,27,28,29). The number of hydrogen-bond acceptors (Lipinski definition) is 15. The maximum absolute atomic E-state index is 12.7. The molecule has 0 bridgehead atoms. The van der Waals surface area contributed by atoms with Gasteiger partial charge in [-0.25, -0.2) is 29.3 Å². The molecule has 2 fully saturated rings. The first-order valence-corrected chi connectivity index (χ1v) is 23.4. The molecule has 18 heteroatoms. The van der Waals surface area contributed by atoms with Crippen LogP contribution in [0.2, 0.25) is 0 Å². The predicted octanol–water partition coefficient (Wildman–Crippen LogP) is 7.87. The van der Waals surface area contributed by atoms with Crippen LogP contribution in [0.1, 0.15) is 64.5 Å². The van der Waals surface area contributed by atoms with Gasteiger partial charge in [0.25, 0.3) is 5.91 Å². The van der Waals surface area contributed by atoms with Crippen molar-refractivity contribution in [2.24, 2.45) is 0 Å². The Balaban J connectivity index is 0.000000174. The number of aliphatic hydroxyl groups is 3. The van der Waals surface area contributed by atoms with Gasteiger partial charge in [-0.15, -0.1) is 0 Å². The van der Waals surface area contributed by atoms with Gasteiger partial charge in [-0.05, 0) is 111 Å². The number of fused-ring (bicyclic) bond motifs is 2. The molecular formula is C52H56N12O6. The lowest BCUT2D eigenvalue weighted by Gasteiger charge is -2.39. The summed E-state index contributed by atoms with van der Waals surface area (Å²) >= 11 is 0. The van der Waals surface area contributed by atoms with E-state index >= 15 is 0 Å². The fraction of sp³-hybridized carbons (Fsp3) is 0.288. The lowest BCUT2D eigenvalue weighted by molar-refractivity contribution is -0.155. The molecule has 0 aliphatic carbocycles. The lowest BCUT2D eigenvalue weighted by Crippen LogP contribution is -2.51. The van der Waals surface area contributed by atoms with Crippen molar-refractivity contribution in [1.29, 1.82) is 0 Å². The van der Waals surface area contributed by atoms with Crippen molar-refractivity contribution in [3.05, 3.63) is 134 Å². The number of aliphatic hydroxyl groups excluding tert-OH is 3. The van der Waals surface area contributed by atoms with Gasteiger partial charge in [-0.3, -0.25) is 4.79 Å². The molecule has 4 aromatic carbocycles. The maximum atomic E-state index is 12.7. The van der Waals surface area contributed by atoms with Gasteiger partial charge in [0, 0.05) is 29.9 Å². The zero-order chi connectivity index (χ0) is 48.9. The first kappa shape index (κ1) is 47.1. The summed E-state index contributed by atoms with van der Waals surface area (Å²) in [5.74, 6) is 3.14. The summed E-state index contributed by atoms with van der Waals surface area (Å²) in [6.45, 7) is 8.69. The number of aromatic nitrogens is 8. The molecule has 18 nitrogen and oxygen atoms in total. The second kappa shape index (κ2) is 20.7. The number of para-hydroxylation sites is 2. The number of hydrogen-bond donors (Lipinski definition) is 5. The van der Waals surface area contributed by atoms with E-state index in [0.29, 0.717) is 65.6 Å². The fourth-order valence-corrected chi connectivity index (χ4v) is 8.93. The Morgan fingerprint density at radius 1 is 0.629 bits per heavy atom. The Morgan fingerprint density at radius 2 is 1.04 bits per heavy atom. The topological polar surface area (TPSA) is 242 Å². The Kier molecular flexibility index (Phi) is 14.0. The summed E-state index contributed by atoms with van der Waals surface area (Å²) in [4.78, 5) is 33.3. The van der Waals surface area contributed by atoms with Gasteiger partial charge in [0.05, 0.1) is 22.9 Å². The van der Waals surface area contributed by atoms with Crippen LogP contribution in [-0.4, -0.2) is 102 Å². The molecule has 7 N–H and O–H groups in total. The number of benzene rings is 4. The molecule has 6 heterocycles. The van der Waals surface area contributed by atoms with Crippen LogP contribution in [0.4, 0.5) is 11.6 Å². The average molecular weight is 945 g/mol. The Labute approximate surface area is 404 Å². The highest BCUT2D eigenvalue weighted by molar-refractivity contribution is 5.99. The number of allylic oxidation sites excluding steroid dienone is 1. The number of carbonyl (C=O) groups is 1. The van der Waals surface area contributed by atoms with Crippen LogP contribution in [0.15, 0.2) is 134 Å². The molecule has 2 aliphatic heterocycles. The summed E-state index contributed by atoms with van der Waals surface area (Å²) in [5, 5.41) is 42.1. The van der Waals surface area contributed by atoms with Crippen LogP contribution in [-0.2, 0) is 4.79 Å². The van der Waals surface area contributed by atoms with Crippen LogP contribution in [0.5, 0.6) is 23.0 Å². The van der Waals surface area contributed by atoms with E-state index in [2.05, 4.69) is 26.5 Å². The molecule has 1 amide bonds. The van der Waals surface area contributed by atoms with Gasteiger partial charge in [-0.1, -0.05) is 56.8 Å². The first-order valence-electron chi connectivity index (χ1n) is 23.4. The van der Waals surface area contributed by atoms with Crippen LogP contribution in [0.3, 0.4) is 0 Å². The molecule has 5 unspecified atom stereocenters. The van der Waals surface area contributed by atoms with Gasteiger partial charge in [0.1, 0.15) is 77.2 Å². The van der Waals surface area contributed by atoms with E-state index in [0.717, 1.165) is 58.0 Å². The van der Waals surface area contributed by atoms with Crippen molar-refractivity contribution in [2.45, 2.75) is 83.0 Å². The smallest absolute Gasteiger partial charge is 0.253 e. The number of nitrogens with two attached hydrogens (primary N) is 2. The molecule has 2 saturated heterocycles. The Hall–Kier alpha value is -7.93. The van der Waals surface area contributed by atoms with Crippen LogP contribution >= 0.6 is 0 Å². The molecule has 8 aromatic rings. The van der Waals surface area contributed by atoms with Gasteiger partial charge in [0.2, 0.25) is 0 Å². The molecule has 70 heavy (non-hydrogen) atoms. The molecular weight excluding hydrogens is 889 g/mol. The third-order valence-corrected chi connectivity index (χ3v) is 12.8. The number of ether oxygens (including phenoxy) is 2. The fourth-order valence-electron chi connectivity index (χ4n) is 8.93. The molecule has 5 atom stereocenters. The van der Waals surface area contributed by atoms with E-state index < -0.39 is 24.5 Å². The monoisotopic (exact) mass is 944 g/mol. The number of nitrogens with zero attached hydrogens (tertiary/aromatic N) is 10. The second-order valence-corrected chi connectivity index (χ2v) is 17.3. The number of amides is 1. The van der Waals surface area contributed by atoms with Gasteiger partial charge in [-0.2, -0.15) is 10.2 Å². The molecule has 0 radical (unpaired) electrons. The zero-order valence-corrected chi connectivity index (χ0v) is 39.0. The Bertz CT molecular complexity index is 3080. The van der Waals surface area contributed by atoms with Gasteiger partial charge >= 0.3 is 0 Å². The zero-order valence-electron chi connectivity index (χ0n) is 39.0. The van der Waals surface area contributed by atoms with E-state index in [1.807, 2.05) is 126 Å². The maximum Gasteiger partial charge on any atom is 0.253 e. The Morgan fingerprint density at radius 3 is 1.47 bits per heavy atom. The van der Waals surface area contributed by atoms with E-state index in [-0.39, 0.29) is 25.0 Å². The summed E-state index contributed by atoms with van der Waals surface area (Å²) in [7, 11) is 0. The van der Waals surface area contributed by atoms with Crippen molar-refractivity contribution in [3.63, 3.8) is 0 Å². The summed E-state index contributed by atoms with van der Waals surface area (Å²) < 4.78 is 15.5. The molecule has 0 saturated carbocycles. The largest absolute Gasteiger partial charge is 0.457 e. The lowest BCUT2D eigenvalue weighted by atomic mass is 10.0. The van der Waals surface area contributed by atoms with Crippen LogP contribution < -0.4 is 20.9 Å². The molecule has 4 aromatic heterocycles. The molecule has 0 spiro atoms. The van der Waals surface area contributed by atoms with Crippen molar-refractivity contribution >= 4 is 39.6 Å². The van der Waals surface area contributed by atoms with Crippen LogP contribution in [0, 0.1) is 0 Å². The number of likely N-dealkylation sites (tertiary alicyclic amines) is 2. The van der Waals surface area contributed by atoms with Crippen molar-refractivity contribution in [3.8, 4) is 45.5 Å². The minimum atomic E-state index is -1.15. The predicted molar refractivity (Wildman–Crippen MR) is 266 cm³/mol. The summed E-state index contributed by atoms with van der Waals surface area (Å²) in [6, 6.07) is 34.2. The van der Waals surface area contributed by atoms with Crippen molar-refractivity contribution < 1.29 is 29.6 Å². The van der Waals surface area contributed by atoms with E-state index in [9.17, 15) is 20.1 Å². The molecule has 360 valence electrons. The van der Waals surface area contributed by atoms with Crippen LogP contribution in [0.25, 0.3) is 44.6 Å². The average Bonchev–Trinajstić information content (AvgIpc) is 3.99. The number of carbonyl (C=O) groups excluding carboxylic acids is 1. The quantitative estimate of drug-likeness (QED) is 0.0783. The molecule has 10 rings (SSSR count). The first-order chi connectivity index (χ1) is 34.0. The molecule has 2 aliphatic rings. The van der Waals surface area contributed by atoms with E-state index in [1.54, 1.807) is 11.6 Å². The number of piperidine rings is 2. The highest BCUT2D eigenvalue weighted by Gasteiger charge is 2.36. The normalized spacial score (nSPS) is 18.5. The second-order valence-electron chi connectivity index (χ2n) is 17.3.